The molecular formula is C17H22N4O5S. The summed E-state index contributed by atoms with van der Waals surface area (Å²) in [6.07, 6.45) is 1.61. The molecule has 1 aromatic carbocycles. The predicted octanol–water partition coefficient (Wildman–Crippen LogP) is 0.308. The van der Waals surface area contributed by atoms with Crippen molar-refractivity contribution in [3.63, 3.8) is 0 Å². The van der Waals surface area contributed by atoms with Gasteiger partial charge in [0.1, 0.15) is 0 Å². The third-order valence-electron chi connectivity index (χ3n) is 4.55. The molecular weight excluding hydrogens is 372 g/mol. The van der Waals surface area contributed by atoms with Gasteiger partial charge < -0.3 is 14.4 Å². The molecule has 0 unspecified atom stereocenters. The van der Waals surface area contributed by atoms with Crippen LogP contribution in [0.3, 0.4) is 0 Å². The van der Waals surface area contributed by atoms with E-state index in [1.54, 1.807) is 19.3 Å². The van der Waals surface area contributed by atoms with Gasteiger partial charge in [0.05, 0.1) is 31.0 Å². The van der Waals surface area contributed by atoms with Crippen molar-refractivity contribution in [3.05, 3.63) is 40.8 Å². The third-order valence-corrected chi connectivity index (χ3v) is 6.44. The van der Waals surface area contributed by atoms with E-state index < -0.39 is 10.0 Å². The predicted molar refractivity (Wildman–Crippen MR) is 100.0 cm³/mol. The standard InChI is InChI=1S/C17H22N4O5S/c1-19-17(22)10-13(12-18-19)20-6-8-21(9-7-20)27(23,24)14-4-5-15(25-2)16(11-14)26-3/h4-5,10-12H,6-9H2,1-3H3. The topological polar surface area (TPSA) is 94.0 Å². The summed E-state index contributed by atoms with van der Waals surface area (Å²) in [7, 11) is 0.893. The van der Waals surface area contributed by atoms with Crippen molar-refractivity contribution in [2.24, 2.45) is 7.05 Å². The first-order chi connectivity index (χ1) is 12.9. The van der Waals surface area contributed by atoms with E-state index in [1.165, 1.54) is 41.4 Å². The zero-order valence-corrected chi connectivity index (χ0v) is 16.3. The minimum atomic E-state index is -3.65. The lowest BCUT2D eigenvalue weighted by Gasteiger charge is -2.35. The molecule has 1 aliphatic rings. The first-order valence-corrected chi connectivity index (χ1v) is 9.81. The summed E-state index contributed by atoms with van der Waals surface area (Å²) in [5.41, 5.74) is 0.495. The van der Waals surface area contributed by atoms with Gasteiger partial charge in [-0.05, 0) is 12.1 Å². The van der Waals surface area contributed by atoms with Gasteiger partial charge in [0.15, 0.2) is 11.5 Å². The molecule has 9 nitrogen and oxygen atoms in total. The summed E-state index contributed by atoms with van der Waals surface area (Å²) in [4.78, 5) is 13.9. The highest BCUT2D eigenvalue weighted by molar-refractivity contribution is 7.89. The number of aryl methyl sites for hydroxylation is 1. The van der Waals surface area contributed by atoms with Crippen molar-refractivity contribution in [3.8, 4) is 11.5 Å². The van der Waals surface area contributed by atoms with Crippen LogP contribution in [0.5, 0.6) is 11.5 Å². The molecule has 1 aromatic heterocycles. The summed E-state index contributed by atoms with van der Waals surface area (Å²) in [5.74, 6) is 0.836. The minimum absolute atomic E-state index is 0.156. The lowest BCUT2D eigenvalue weighted by Crippen LogP contribution is -2.49. The van der Waals surface area contributed by atoms with E-state index in [9.17, 15) is 13.2 Å². The van der Waals surface area contributed by atoms with Gasteiger partial charge in [-0.25, -0.2) is 13.1 Å². The fourth-order valence-electron chi connectivity index (χ4n) is 2.95. The Bertz CT molecular complexity index is 981. The molecule has 2 heterocycles. The van der Waals surface area contributed by atoms with Crippen molar-refractivity contribution >= 4 is 15.7 Å². The van der Waals surface area contributed by atoms with Crippen molar-refractivity contribution in [2.45, 2.75) is 4.90 Å². The van der Waals surface area contributed by atoms with Crippen LogP contribution < -0.4 is 19.9 Å². The highest BCUT2D eigenvalue weighted by atomic mass is 32.2. The zero-order valence-electron chi connectivity index (χ0n) is 15.5. The maximum Gasteiger partial charge on any atom is 0.268 e. The maximum absolute atomic E-state index is 12.9. The number of ether oxygens (including phenoxy) is 2. The highest BCUT2D eigenvalue weighted by Crippen LogP contribution is 2.31. The fraction of sp³-hybridized carbons (Fsp3) is 0.412. The van der Waals surface area contributed by atoms with Gasteiger partial charge in [-0.2, -0.15) is 9.40 Å². The summed E-state index contributed by atoms with van der Waals surface area (Å²) >= 11 is 0. The van der Waals surface area contributed by atoms with Gasteiger partial charge >= 0.3 is 0 Å². The Morgan fingerprint density at radius 2 is 1.67 bits per heavy atom. The average molecular weight is 394 g/mol. The third kappa shape index (κ3) is 3.76. The molecule has 0 N–H and O–H groups in total. The maximum atomic E-state index is 12.9. The Morgan fingerprint density at radius 1 is 1.00 bits per heavy atom. The van der Waals surface area contributed by atoms with E-state index in [0.717, 1.165) is 0 Å². The van der Waals surface area contributed by atoms with Crippen LogP contribution in [0, 0.1) is 0 Å². The first-order valence-electron chi connectivity index (χ1n) is 8.37. The van der Waals surface area contributed by atoms with Gasteiger partial charge in [0.2, 0.25) is 10.0 Å². The molecule has 2 aromatic rings. The molecule has 1 fully saturated rings. The van der Waals surface area contributed by atoms with Gasteiger partial charge in [0.25, 0.3) is 5.56 Å². The van der Waals surface area contributed by atoms with E-state index in [0.29, 0.717) is 43.4 Å². The molecule has 1 aliphatic heterocycles. The number of methoxy groups -OCH3 is 2. The quantitative estimate of drug-likeness (QED) is 0.720. The molecule has 3 rings (SSSR count). The highest BCUT2D eigenvalue weighted by Gasteiger charge is 2.29. The number of sulfonamides is 1. The van der Waals surface area contributed by atoms with Crippen LogP contribution in [0.2, 0.25) is 0 Å². The molecule has 27 heavy (non-hydrogen) atoms. The number of hydrogen-bond donors (Lipinski definition) is 0. The molecule has 0 saturated carbocycles. The van der Waals surface area contributed by atoms with E-state index in [4.69, 9.17) is 9.47 Å². The number of piperazine rings is 1. The van der Waals surface area contributed by atoms with Crippen LogP contribution >= 0.6 is 0 Å². The zero-order chi connectivity index (χ0) is 19.6. The van der Waals surface area contributed by atoms with Gasteiger partial charge in [-0.1, -0.05) is 0 Å². The second kappa shape index (κ2) is 7.57. The molecule has 0 atom stereocenters. The van der Waals surface area contributed by atoms with Gasteiger partial charge in [0, 0.05) is 45.4 Å². The van der Waals surface area contributed by atoms with E-state index in [1.807, 2.05) is 4.90 Å². The van der Waals surface area contributed by atoms with Gasteiger partial charge in [-0.15, -0.1) is 0 Å². The average Bonchev–Trinajstić information content (AvgIpc) is 2.69. The Morgan fingerprint density at radius 3 is 2.26 bits per heavy atom. The van der Waals surface area contributed by atoms with E-state index in [-0.39, 0.29) is 10.5 Å². The number of hydrogen-bond acceptors (Lipinski definition) is 7. The number of anilines is 1. The van der Waals surface area contributed by atoms with Crippen LogP contribution in [0.1, 0.15) is 0 Å². The van der Waals surface area contributed by atoms with Crippen LogP contribution in [0.25, 0.3) is 0 Å². The molecule has 0 spiro atoms. The SMILES string of the molecule is COc1ccc(S(=O)(=O)N2CCN(c3cnn(C)c(=O)c3)CC2)cc1OC. The van der Waals surface area contributed by atoms with Crippen molar-refractivity contribution in [1.29, 1.82) is 0 Å². The summed E-state index contributed by atoms with van der Waals surface area (Å²) < 4.78 is 38.9. The Kier molecular flexibility index (Phi) is 5.38. The second-order valence-electron chi connectivity index (χ2n) is 6.08. The molecule has 0 aliphatic carbocycles. The van der Waals surface area contributed by atoms with Crippen LogP contribution in [-0.4, -0.2) is 62.9 Å². The lowest BCUT2D eigenvalue weighted by atomic mass is 10.3. The number of rotatable bonds is 5. The second-order valence-corrected chi connectivity index (χ2v) is 8.02. The fourth-order valence-corrected chi connectivity index (χ4v) is 4.38. The molecule has 10 heteroatoms. The minimum Gasteiger partial charge on any atom is -0.493 e. The van der Waals surface area contributed by atoms with Crippen molar-refractivity contribution in [2.75, 3.05) is 45.3 Å². The monoisotopic (exact) mass is 394 g/mol. The van der Waals surface area contributed by atoms with Crippen LogP contribution in [-0.2, 0) is 17.1 Å². The molecule has 0 amide bonds. The molecule has 146 valence electrons. The molecule has 0 radical (unpaired) electrons. The van der Waals surface area contributed by atoms with Gasteiger partial charge in [-0.3, -0.25) is 4.79 Å². The van der Waals surface area contributed by atoms with E-state index in [2.05, 4.69) is 5.10 Å². The smallest absolute Gasteiger partial charge is 0.268 e. The summed E-state index contributed by atoms with van der Waals surface area (Å²) in [6, 6.07) is 6.05. The van der Waals surface area contributed by atoms with E-state index >= 15 is 0 Å². The first kappa shape index (κ1) is 19.2. The van der Waals surface area contributed by atoms with Crippen LogP contribution in [0.15, 0.2) is 40.2 Å². The Hall–Kier alpha value is -2.59. The van der Waals surface area contributed by atoms with Crippen molar-refractivity contribution < 1.29 is 17.9 Å². The molecule has 0 bridgehead atoms. The molecule has 1 saturated heterocycles. The van der Waals surface area contributed by atoms with Crippen LogP contribution in [0.4, 0.5) is 5.69 Å². The normalized spacial score (nSPS) is 15.6. The lowest BCUT2D eigenvalue weighted by molar-refractivity contribution is 0.353. The number of aromatic nitrogens is 2. The largest absolute Gasteiger partial charge is 0.493 e. The summed E-state index contributed by atoms with van der Waals surface area (Å²) in [5, 5.41) is 4.01. The Labute approximate surface area is 157 Å². The Balaban J connectivity index is 1.76. The number of nitrogens with zero attached hydrogens (tertiary/aromatic N) is 4. The summed E-state index contributed by atoms with van der Waals surface area (Å²) in [6.45, 7) is 1.57. The van der Waals surface area contributed by atoms with Crippen molar-refractivity contribution in [1.82, 2.24) is 14.1 Å². The number of benzene rings is 1.